The van der Waals surface area contributed by atoms with Crippen molar-refractivity contribution in [3.8, 4) is 0 Å². The number of hydrogen-bond acceptors (Lipinski definition) is 1. The second-order valence-corrected chi connectivity index (χ2v) is 5.79. The van der Waals surface area contributed by atoms with Crippen molar-refractivity contribution in [2.75, 3.05) is 6.26 Å². The average Bonchev–Trinajstić information content (AvgIpc) is 2.37. The fraction of sp³-hybridized carbons (Fsp3) is 0.0667. The highest BCUT2D eigenvalue weighted by Gasteiger charge is 1.91. The molecule has 0 unspecified atom stereocenters. The average molecular weight is 352 g/mol. The molecule has 17 heavy (non-hydrogen) atoms. The van der Waals surface area contributed by atoms with Crippen LogP contribution < -0.4 is 0 Å². The van der Waals surface area contributed by atoms with Gasteiger partial charge in [-0.05, 0) is 64.2 Å². The molecule has 2 aromatic rings. The van der Waals surface area contributed by atoms with Gasteiger partial charge < -0.3 is 0 Å². The highest BCUT2D eigenvalue weighted by atomic mass is 127. The van der Waals surface area contributed by atoms with Crippen molar-refractivity contribution in [2.24, 2.45) is 0 Å². The maximum atomic E-state index is 2.33. The van der Waals surface area contributed by atoms with Crippen molar-refractivity contribution in [1.29, 1.82) is 0 Å². The number of rotatable bonds is 3. The molecule has 0 atom stereocenters. The van der Waals surface area contributed by atoms with E-state index in [-0.39, 0.29) is 0 Å². The molecule has 86 valence electrons. The van der Waals surface area contributed by atoms with E-state index in [1.165, 1.54) is 19.6 Å². The van der Waals surface area contributed by atoms with Crippen LogP contribution in [0, 0.1) is 3.57 Å². The van der Waals surface area contributed by atoms with Gasteiger partial charge in [0.1, 0.15) is 0 Å². The van der Waals surface area contributed by atoms with Crippen molar-refractivity contribution in [3.63, 3.8) is 0 Å². The Morgan fingerprint density at radius 2 is 1.65 bits per heavy atom. The number of halogens is 1. The minimum atomic E-state index is 1.24. The molecule has 2 aromatic carbocycles. The summed E-state index contributed by atoms with van der Waals surface area (Å²) in [5, 5.41) is 0. The quantitative estimate of drug-likeness (QED) is 0.417. The standard InChI is InChI=1S/C15H13IS/c1-17-15-9-7-12(8-10-15)5-6-13-3-2-4-14(16)11-13/h2-11H,1H3/b6-5+. The summed E-state index contributed by atoms with van der Waals surface area (Å²) < 4.78 is 1.27. The summed E-state index contributed by atoms with van der Waals surface area (Å²) in [7, 11) is 0. The Hall–Kier alpha value is -0.740. The van der Waals surface area contributed by atoms with Crippen LogP contribution >= 0.6 is 34.4 Å². The summed E-state index contributed by atoms with van der Waals surface area (Å²) in [6.45, 7) is 0. The predicted molar refractivity (Wildman–Crippen MR) is 86.3 cm³/mol. The van der Waals surface area contributed by atoms with Gasteiger partial charge in [0.05, 0.1) is 0 Å². The predicted octanol–water partition coefficient (Wildman–Crippen LogP) is 5.18. The van der Waals surface area contributed by atoms with Crippen molar-refractivity contribution in [2.45, 2.75) is 4.90 Å². The van der Waals surface area contributed by atoms with Gasteiger partial charge in [0.15, 0.2) is 0 Å². The Balaban J connectivity index is 2.14. The van der Waals surface area contributed by atoms with Crippen LogP contribution in [0.5, 0.6) is 0 Å². The molecule has 0 saturated heterocycles. The smallest absolute Gasteiger partial charge is 0.0136 e. The molecule has 0 aliphatic carbocycles. The van der Waals surface area contributed by atoms with Gasteiger partial charge in [-0.2, -0.15) is 0 Å². The van der Waals surface area contributed by atoms with Crippen molar-refractivity contribution < 1.29 is 0 Å². The molecule has 0 aromatic heterocycles. The van der Waals surface area contributed by atoms with Crippen LogP contribution in [0.4, 0.5) is 0 Å². The van der Waals surface area contributed by atoms with Crippen molar-refractivity contribution >= 4 is 46.5 Å². The first-order valence-corrected chi connectivity index (χ1v) is 7.66. The van der Waals surface area contributed by atoms with Crippen molar-refractivity contribution in [1.82, 2.24) is 0 Å². The van der Waals surface area contributed by atoms with E-state index in [2.05, 4.69) is 89.5 Å². The Kier molecular flexibility index (Phi) is 4.68. The molecular formula is C15H13IS. The lowest BCUT2D eigenvalue weighted by molar-refractivity contribution is 1.45. The van der Waals surface area contributed by atoms with Gasteiger partial charge in [0.2, 0.25) is 0 Å². The summed E-state index contributed by atoms with van der Waals surface area (Å²) in [6, 6.07) is 17.1. The zero-order valence-corrected chi connectivity index (χ0v) is 12.5. The number of benzene rings is 2. The molecule has 0 spiro atoms. The topological polar surface area (TPSA) is 0 Å². The molecule has 0 nitrogen and oxygen atoms in total. The monoisotopic (exact) mass is 352 g/mol. The Morgan fingerprint density at radius 1 is 0.941 bits per heavy atom. The van der Waals surface area contributed by atoms with E-state index in [9.17, 15) is 0 Å². The molecule has 0 fully saturated rings. The minimum absolute atomic E-state index is 1.24. The third-order valence-electron chi connectivity index (χ3n) is 2.43. The van der Waals surface area contributed by atoms with Crippen LogP contribution in [0.3, 0.4) is 0 Å². The van der Waals surface area contributed by atoms with Crippen LogP contribution in [-0.2, 0) is 0 Å². The Labute approximate surface area is 120 Å². The second kappa shape index (κ2) is 6.26. The third kappa shape index (κ3) is 3.89. The van der Waals surface area contributed by atoms with Crippen molar-refractivity contribution in [3.05, 3.63) is 63.2 Å². The van der Waals surface area contributed by atoms with E-state index in [1.54, 1.807) is 11.8 Å². The van der Waals surface area contributed by atoms with E-state index in [0.29, 0.717) is 0 Å². The number of hydrogen-bond donors (Lipinski definition) is 0. The lowest BCUT2D eigenvalue weighted by atomic mass is 10.1. The van der Waals surface area contributed by atoms with Gasteiger partial charge in [-0.25, -0.2) is 0 Å². The molecule has 2 rings (SSSR count). The SMILES string of the molecule is CSc1ccc(/C=C/c2cccc(I)c2)cc1. The normalized spacial score (nSPS) is 10.9. The van der Waals surface area contributed by atoms with E-state index in [4.69, 9.17) is 0 Å². The van der Waals surface area contributed by atoms with Crippen LogP contribution in [0.1, 0.15) is 11.1 Å². The summed E-state index contributed by atoms with van der Waals surface area (Å²) in [5.41, 5.74) is 2.48. The molecule has 0 N–H and O–H groups in total. The first kappa shape index (κ1) is 12.7. The van der Waals surface area contributed by atoms with Gasteiger partial charge in [0.25, 0.3) is 0 Å². The van der Waals surface area contributed by atoms with Crippen LogP contribution in [0.15, 0.2) is 53.4 Å². The zero-order valence-electron chi connectivity index (χ0n) is 9.56. The van der Waals surface area contributed by atoms with Gasteiger partial charge in [-0.3, -0.25) is 0 Å². The van der Waals surface area contributed by atoms with E-state index >= 15 is 0 Å². The van der Waals surface area contributed by atoms with Gasteiger partial charge in [-0.1, -0.05) is 36.4 Å². The minimum Gasteiger partial charge on any atom is -0.130 e. The van der Waals surface area contributed by atoms with Gasteiger partial charge in [-0.15, -0.1) is 11.8 Å². The molecule has 2 heteroatoms. The maximum absolute atomic E-state index is 2.33. The second-order valence-electron chi connectivity index (χ2n) is 3.66. The van der Waals surface area contributed by atoms with E-state index in [0.717, 1.165) is 0 Å². The summed E-state index contributed by atoms with van der Waals surface area (Å²) in [6.07, 6.45) is 6.39. The molecule has 0 amide bonds. The van der Waals surface area contributed by atoms with E-state index in [1.807, 2.05) is 0 Å². The largest absolute Gasteiger partial charge is 0.130 e. The Morgan fingerprint density at radius 3 is 2.29 bits per heavy atom. The van der Waals surface area contributed by atoms with Crippen LogP contribution in [-0.4, -0.2) is 6.26 Å². The maximum Gasteiger partial charge on any atom is 0.0136 e. The van der Waals surface area contributed by atoms with Crippen LogP contribution in [0.25, 0.3) is 12.2 Å². The summed E-state index contributed by atoms with van der Waals surface area (Å²) >= 11 is 4.10. The highest BCUT2D eigenvalue weighted by molar-refractivity contribution is 14.1. The first-order chi connectivity index (χ1) is 8.28. The highest BCUT2D eigenvalue weighted by Crippen LogP contribution is 2.16. The van der Waals surface area contributed by atoms with Crippen LogP contribution in [0.2, 0.25) is 0 Å². The third-order valence-corrected chi connectivity index (χ3v) is 3.85. The zero-order chi connectivity index (χ0) is 12.1. The molecular weight excluding hydrogens is 339 g/mol. The molecule has 0 heterocycles. The molecule has 0 radical (unpaired) electrons. The number of thioether (sulfide) groups is 1. The molecule has 0 saturated carbocycles. The van der Waals surface area contributed by atoms with Gasteiger partial charge >= 0.3 is 0 Å². The fourth-order valence-corrected chi connectivity index (χ4v) is 2.49. The summed E-state index contributed by atoms with van der Waals surface area (Å²) in [5.74, 6) is 0. The molecule has 0 bridgehead atoms. The lowest BCUT2D eigenvalue weighted by Gasteiger charge is -1.98. The molecule has 0 aliphatic rings. The summed E-state index contributed by atoms with van der Waals surface area (Å²) in [4.78, 5) is 1.30. The fourth-order valence-electron chi connectivity index (χ4n) is 1.52. The lowest BCUT2D eigenvalue weighted by Crippen LogP contribution is -1.75. The van der Waals surface area contributed by atoms with E-state index < -0.39 is 0 Å². The van der Waals surface area contributed by atoms with Gasteiger partial charge in [0, 0.05) is 8.47 Å². The first-order valence-electron chi connectivity index (χ1n) is 5.35. The molecule has 0 aliphatic heterocycles. The Bertz CT molecular complexity index is 515.